The summed E-state index contributed by atoms with van der Waals surface area (Å²) in [5, 5.41) is 25.9. The maximum absolute atomic E-state index is 12.9. The Morgan fingerprint density at radius 2 is 1.50 bits per heavy atom. The Balaban J connectivity index is 5.40. The van der Waals surface area contributed by atoms with Gasteiger partial charge < -0.3 is 43.4 Å². The average molecular weight is 478 g/mol. The van der Waals surface area contributed by atoms with E-state index in [2.05, 4.69) is 20.9 Å². The fraction of sp³-hybridized carbons (Fsp3) is 0.722. The van der Waals surface area contributed by atoms with E-state index in [1.165, 1.54) is 25.6 Å². The molecule has 32 heavy (non-hydrogen) atoms. The normalized spacial score (nSPS) is 15.4. The first-order valence-electron chi connectivity index (χ1n) is 10.0. The molecule has 5 unspecified atom stereocenters. The lowest BCUT2D eigenvalue weighted by Crippen LogP contribution is -2.58. The number of hydrogen-bond acceptors (Lipinski definition) is 8. The lowest BCUT2D eigenvalue weighted by atomic mass is 10.1. The highest BCUT2D eigenvalue weighted by atomic mass is 32.2. The molecule has 0 spiro atoms. The number of thioether (sulfide) groups is 1. The molecule has 0 radical (unpaired) electrons. The summed E-state index contributed by atoms with van der Waals surface area (Å²) in [7, 11) is 0. The SMILES string of the molecule is CSCCC(NC(=O)C(CCCN=C(N)N)NC(=O)C(N)C(C)O)C(=O)NC(C)C(=O)O. The Bertz CT molecular complexity index is 672. The summed E-state index contributed by atoms with van der Waals surface area (Å²) in [6.45, 7) is 2.85. The van der Waals surface area contributed by atoms with Gasteiger partial charge in [-0.05, 0) is 45.1 Å². The first-order chi connectivity index (χ1) is 14.9. The summed E-state index contributed by atoms with van der Waals surface area (Å²) in [5.74, 6) is -2.88. The van der Waals surface area contributed by atoms with Crippen molar-refractivity contribution in [1.82, 2.24) is 16.0 Å². The van der Waals surface area contributed by atoms with Crippen LogP contribution in [0.1, 0.15) is 33.1 Å². The molecule has 0 saturated carbocycles. The second kappa shape index (κ2) is 15.3. The molecule has 3 amide bonds. The zero-order chi connectivity index (χ0) is 24.8. The molecule has 0 heterocycles. The van der Waals surface area contributed by atoms with Crippen molar-refractivity contribution in [2.24, 2.45) is 22.2 Å². The van der Waals surface area contributed by atoms with Crippen molar-refractivity contribution in [2.45, 2.75) is 63.4 Å². The molecule has 13 nitrogen and oxygen atoms in total. The first-order valence-corrected chi connectivity index (χ1v) is 11.4. The Morgan fingerprint density at radius 3 is 2.00 bits per heavy atom. The van der Waals surface area contributed by atoms with Gasteiger partial charge in [0.25, 0.3) is 0 Å². The number of aliphatic imine (C=N–C) groups is 1. The number of hydrogen-bond donors (Lipinski definition) is 8. The van der Waals surface area contributed by atoms with E-state index in [0.717, 1.165) is 0 Å². The summed E-state index contributed by atoms with van der Waals surface area (Å²) in [4.78, 5) is 52.5. The zero-order valence-corrected chi connectivity index (χ0v) is 19.4. The summed E-state index contributed by atoms with van der Waals surface area (Å²) in [6, 6.07) is -4.49. The fourth-order valence-corrected chi connectivity index (χ4v) is 2.88. The van der Waals surface area contributed by atoms with Crippen LogP contribution in [0.3, 0.4) is 0 Å². The number of aliphatic hydroxyl groups is 1. The van der Waals surface area contributed by atoms with Crippen molar-refractivity contribution in [3.05, 3.63) is 0 Å². The molecule has 0 aromatic carbocycles. The van der Waals surface area contributed by atoms with Gasteiger partial charge in [0.15, 0.2) is 5.96 Å². The highest BCUT2D eigenvalue weighted by molar-refractivity contribution is 7.98. The number of nitrogens with two attached hydrogens (primary N) is 3. The van der Waals surface area contributed by atoms with E-state index in [1.54, 1.807) is 0 Å². The number of carbonyl (C=O) groups excluding carboxylic acids is 3. The third-order valence-electron chi connectivity index (χ3n) is 4.37. The van der Waals surface area contributed by atoms with Gasteiger partial charge in [0.1, 0.15) is 24.2 Å². The monoisotopic (exact) mass is 477 g/mol. The third kappa shape index (κ3) is 11.7. The van der Waals surface area contributed by atoms with E-state index in [1.807, 2.05) is 6.26 Å². The molecule has 11 N–H and O–H groups in total. The molecule has 14 heteroatoms. The predicted octanol–water partition coefficient (Wildman–Crippen LogP) is -2.94. The average Bonchev–Trinajstić information content (AvgIpc) is 2.71. The van der Waals surface area contributed by atoms with Gasteiger partial charge in [-0.3, -0.25) is 24.2 Å². The van der Waals surface area contributed by atoms with E-state index in [9.17, 15) is 24.3 Å². The maximum atomic E-state index is 12.9. The number of amides is 3. The molecule has 0 aromatic rings. The van der Waals surface area contributed by atoms with Crippen molar-refractivity contribution in [2.75, 3.05) is 18.6 Å². The number of rotatable bonds is 15. The van der Waals surface area contributed by atoms with E-state index in [0.29, 0.717) is 12.2 Å². The highest BCUT2D eigenvalue weighted by Gasteiger charge is 2.29. The van der Waals surface area contributed by atoms with Crippen LogP contribution in [-0.4, -0.2) is 88.7 Å². The second-order valence-electron chi connectivity index (χ2n) is 7.19. The highest BCUT2D eigenvalue weighted by Crippen LogP contribution is 2.05. The molecule has 0 rings (SSSR count). The van der Waals surface area contributed by atoms with Crippen molar-refractivity contribution in [1.29, 1.82) is 0 Å². The van der Waals surface area contributed by atoms with E-state index < -0.39 is 54.0 Å². The zero-order valence-electron chi connectivity index (χ0n) is 18.5. The Hall–Kier alpha value is -2.58. The van der Waals surface area contributed by atoms with Crippen molar-refractivity contribution >= 4 is 41.4 Å². The number of aliphatic hydroxyl groups excluding tert-OH is 1. The van der Waals surface area contributed by atoms with Crippen LogP contribution in [0.2, 0.25) is 0 Å². The van der Waals surface area contributed by atoms with Crippen LogP contribution in [-0.2, 0) is 19.2 Å². The number of carboxylic acids is 1. The van der Waals surface area contributed by atoms with Gasteiger partial charge in [0.05, 0.1) is 6.10 Å². The quantitative estimate of drug-likeness (QED) is 0.0678. The molecule has 0 bridgehead atoms. The van der Waals surface area contributed by atoms with E-state index in [4.69, 9.17) is 22.3 Å². The van der Waals surface area contributed by atoms with Gasteiger partial charge in [-0.25, -0.2) is 0 Å². The summed E-state index contributed by atoms with van der Waals surface area (Å²) in [5.41, 5.74) is 16.2. The number of carbonyl (C=O) groups is 4. The maximum Gasteiger partial charge on any atom is 0.325 e. The fourth-order valence-electron chi connectivity index (χ4n) is 2.41. The van der Waals surface area contributed by atoms with Crippen LogP contribution < -0.4 is 33.2 Å². The molecular formula is C18H35N7O6S. The summed E-state index contributed by atoms with van der Waals surface area (Å²) < 4.78 is 0. The minimum absolute atomic E-state index is 0.118. The number of guanidine groups is 1. The molecule has 0 aromatic heterocycles. The predicted molar refractivity (Wildman–Crippen MR) is 122 cm³/mol. The topological polar surface area (TPSA) is 235 Å². The first kappa shape index (κ1) is 29.4. The van der Waals surface area contributed by atoms with E-state index >= 15 is 0 Å². The van der Waals surface area contributed by atoms with Crippen LogP contribution in [0, 0.1) is 0 Å². The molecular weight excluding hydrogens is 442 g/mol. The van der Waals surface area contributed by atoms with Crippen molar-refractivity contribution < 1.29 is 29.4 Å². The number of carboxylic acid groups (broad SMARTS) is 1. The lowest BCUT2D eigenvalue weighted by Gasteiger charge is -2.25. The molecule has 0 fully saturated rings. The van der Waals surface area contributed by atoms with Crippen LogP contribution in [0.25, 0.3) is 0 Å². The van der Waals surface area contributed by atoms with Gasteiger partial charge >= 0.3 is 5.97 Å². The van der Waals surface area contributed by atoms with Gasteiger partial charge in [-0.2, -0.15) is 11.8 Å². The Kier molecular flexibility index (Phi) is 14.0. The Labute approximate surface area is 191 Å². The van der Waals surface area contributed by atoms with E-state index in [-0.39, 0.29) is 25.3 Å². The van der Waals surface area contributed by atoms with Crippen LogP contribution in [0.5, 0.6) is 0 Å². The number of aliphatic carboxylic acids is 1. The van der Waals surface area contributed by atoms with Crippen LogP contribution in [0.4, 0.5) is 0 Å². The molecule has 0 aliphatic rings. The minimum atomic E-state index is -1.25. The summed E-state index contributed by atoms with van der Waals surface area (Å²) >= 11 is 1.45. The number of nitrogens with zero attached hydrogens (tertiary/aromatic N) is 1. The van der Waals surface area contributed by atoms with Gasteiger partial charge in [-0.15, -0.1) is 0 Å². The lowest BCUT2D eigenvalue weighted by molar-refractivity contribution is -0.141. The summed E-state index contributed by atoms with van der Waals surface area (Å²) in [6.07, 6.45) is 1.38. The van der Waals surface area contributed by atoms with Gasteiger partial charge in [0, 0.05) is 6.54 Å². The minimum Gasteiger partial charge on any atom is -0.480 e. The molecule has 5 atom stereocenters. The number of nitrogens with one attached hydrogen (secondary N) is 3. The van der Waals surface area contributed by atoms with Crippen molar-refractivity contribution in [3.63, 3.8) is 0 Å². The largest absolute Gasteiger partial charge is 0.480 e. The van der Waals surface area contributed by atoms with Crippen molar-refractivity contribution in [3.8, 4) is 0 Å². The second-order valence-corrected chi connectivity index (χ2v) is 8.17. The Morgan fingerprint density at radius 1 is 0.969 bits per heavy atom. The smallest absolute Gasteiger partial charge is 0.325 e. The van der Waals surface area contributed by atoms with Gasteiger partial charge in [0.2, 0.25) is 17.7 Å². The third-order valence-corrected chi connectivity index (χ3v) is 5.02. The molecule has 0 aliphatic heterocycles. The molecule has 0 aliphatic carbocycles. The van der Waals surface area contributed by atoms with Gasteiger partial charge in [-0.1, -0.05) is 0 Å². The van der Waals surface area contributed by atoms with Crippen LogP contribution >= 0.6 is 11.8 Å². The molecule has 184 valence electrons. The molecule has 0 saturated heterocycles. The standard InChI is InChI=1S/C18H35N7O6S/c1-9(17(30)31)23-14(27)12(6-8-32-3)24-15(28)11(5-4-7-22-18(20)21)25-16(29)13(19)10(2)26/h9-13,26H,4-8,19H2,1-3H3,(H,23,27)(H,24,28)(H,25,29)(H,30,31)(H4,20,21,22). The van der Waals surface area contributed by atoms with Crippen LogP contribution in [0.15, 0.2) is 4.99 Å².